The zero-order chi connectivity index (χ0) is 14.2. The molecule has 0 unspecified atom stereocenters. The van der Waals surface area contributed by atoms with E-state index in [1.165, 1.54) is 5.56 Å². The molecule has 20 heavy (non-hydrogen) atoms. The number of nitrogens with one attached hydrogen (secondary N) is 2. The zero-order valence-electron chi connectivity index (χ0n) is 12.3. The quantitative estimate of drug-likeness (QED) is 0.815. The SMILES string of the molecule is CNC(=O)CN1CCC(NCCc2ccccc2)CC1. The van der Waals surface area contributed by atoms with E-state index in [9.17, 15) is 4.79 Å². The molecule has 0 spiro atoms. The minimum Gasteiger partial charge on any atom is -0.358 e. The summed E-state index contributed by atoms with van der Waals surface area (Å²) in [6.45, 7) is 3.59. The van der Waals surface area contributed by atoms with Gasteiger partial charge < -0.3 is 10.6 Å². The van der Waals surface area contributed by atoms with E-state index in [0.717, 1.165) is 38.9 Å². The largest absolute Gasteiger partial charge is 0.358 e. The average molecular weight is 275 g/mol. The van der Waals surface area contributed by atoms with Gasteiger partial charge in [-0.3, -0.25) is 9.69 Å². The molecule has 1 amide bonds. The molecular formula is C16H25N3O. The molecule has 0 saturated carbocycles. The highest BCUT2D eigenvalue weighted by atomic mass is 16.1. The van der Waals surface area contributed by atoms with Gasteiger partial charge in [0.05, 0.1) is 6.54 Å². The van der Waals surface area contributed by atoms with Gasteiger partial charge >= 0.3 is 0 Å². The number of hydrogen-bond acceptors (Lipinski definition) is 3. The molecule has 1 aromatic rings. The highest BCUT2D eigenvalue weighted by Crippen LogP contribution is 2.10. The van der Waals surface area contributed by atoms with Crippen LogP contribution in [0.5, 0.6) is 0 Å². The molecule has 1 aliphatic rings. The number of piperidine rings is 1. The van der Waals surface area contributed by atoms with Crippen molar-refractivity contribution < 1.29 is 4.79 Å². The van der Waals surface area contributed by atoms with Gasteiger partial charge in [-0.1, -0.05) is 30.3 Å². The van der Waals surface area contributed by atoms with E-state index in [-0.39, 0.29) is 5.91 Å². The predicted molar refractivity (Wildman–Crippen MR) is 81.7 cm³/mol. The summed E-state index contributed by atoms with van der Waals surface area (Å²) in [5.74, 6) is 0.112. The number of carbonyl (C=O) groups excluding carboxylic acids is 1. The van der Waals surface area contributed by atoms with Gasteiger partial charge in [0.2, 0.25) is 5.91 Å². The Balaban J connectivity index is 1.61. The molecule has 1 fully saturated rings. The fourth-order valence-corrected chi connectivity index (χ4v) is 2.64. The molecule has 0 bridgehead atoms. The van der Waals surface area contributed by atoms with Gasteiger partial charge in [-0.25, -0.2) is 0 Å². The minimum atomic E-state index is 0.112. The standard InChI is InChI=1S/C16H25N3O/c1-17-16(20)13-19-11-8-15(9-12-19)18-10-7-14-5-3-2-4-6-14/h2-6,15,18H,7-13H2,1H3,(H,17,20). The molecule has 2 N–H and O–H groups in total. The Bertz CT molecular complexity index is 399. The first-order chi connectivity index (χ1) is 9.78. The highest BCUT2D eigenvalue weighted by molar-refractivity contribution is 5.77. The van der Waals surface area contributed by atoms with E-state index in [1.54, 1.807) is 7.05 Å². The molecule has 0 aromatic heterocycles. The number of amides is 1. The van der Waals surface area contributed by atoms with Crippen LogP contribution in [0.15, 0.2) is 30.3 Å². The Kier molecular flexibility index (Phi) is 6.02. The molecular weight excluding hydrogens is 250 g/mol. The Morgan fingerprint density at radius 2 is 1.95 bits per heavy atom. The van der Waals surface area contributed by atoms with Crippen molar-refractivity contribution in [1.29, 1.82) is 0 Å². The number of benzene rings is 1. The Hall–Kier alpha value is -1.39. The molecule has 0 aliphatic carbocycles. The number of likely N-dealkylation sites (tertiary alicyclic amines) is 1. The lowest BCUT2D eigenvalue weighted by atomic mass is 10.0. The second-order valence-corrected chi connectivity index (χ2v) is 5.41. The third kappa shape index (κ3) is 4.94. The average Bonchev–Trinajstić information content (AvgIpc) is 2.50. The van der Waals surface area contributed by atoms with Gasteiger partial charge in [0.1, 0.15) is 0 Å². The van der Waals surface area contributed by atoms with Gasteiger partial charge in [-0.15, -0.1) is 0 Å². The molecule has 1 saturated heterocycles. The van der Waals surface area contributed by atoms with Crippen LogP contribution in [0.1, 0.15) is 18.4 Å². The van der Waals surface area contributed by atoms with E-state index in [4.69, 9.17) is 0 Å². The maximum absolute atomic E-state index is 11.3. The van der Waals surface area contributed by atoms with E-state index < -0.39 is 0 Å². The zero-order valence-corrected chi connectivity index (χ0v) is 12.3. The third-order valence-electron chi connectivity index (χ3n) is 3.92. The van der Waals surface area contributed by atoms with Crippen LogP contribution in [-0.4, -0.2) is 50.1 Å². The fraction of sp³-hybridized carbons (Fsp3) is 0.562. The Morgan fingerprint density at radius 3 is 2.60 bits per heavy atom. The summed E-state index contributed by atoms with van der Waals surface area (Å²) in [7, 11) is 1.69. The molecule has 0 atom stereocenters. The van der Waals surface area contributed by atoms with E-state index in [1.807, 2.05) is 0 Å². The first-order valence-corrected chi connectivity index (χ1v) is 7.48. The van der Waals surface area contributed by atoms with Crippen LogP contribution in [0.3, 0.4) is 0 Å². The summed E-state index contributed by atoms with van der Waals surface area (Å²) in [4.78, 5) is 13.6. The van der Waals surface area contributed by atoms with E-state index in [2.05, 4.69) is 45.9 Å². The third-order valence-corrected chi connectivity index (χ3v) is 3.92. The first-order valence-electron chi connectivity index (χ1n) is 7.48. The summed E-state index contributed by atoms with van der Waals surface area (Å²) in [5.41, 5.74) is 1.39. The topological polar surface area (TPSA) is 44.4 Å². The molecule has 4 nitrogen and oxygen atoms in total. The van der Waals surface area contributed by atoms with Gasteiger partial charge in [0, 0.05) is 26.2 Å². The van der Waals surface area contributed by atoms with Gasteiger partial charge in [-0.2, -0.15) is 0 Å². The Labute approximate surface area is 121 Å². The van der Waals surface area contributed by atoms with Crippen LogP contribution in [0, 0.1) is 0 Å². The molecule has 1 aromatic carbocycles. The minimum absolute atomic E-state index is 0.112. The normalized spacial score (nSPS) is 17.1. The Morgan fingerprint density at radius 1 is 1.25 bits per heavy atom. The second-order valence-electron chi connectivity index (χ2n) is 5.41. The molecule has 110 valence electrons. The van der Waals surface area contributed by atoms with Crippen LogP contribution < -0.4 is 10.6 Å². The second kappa shape index (κ2) is 8.02. The van der Waals surface area contributed by atoms with Crippen LogP contribution in [0.2, 0.25) is 0 Å². The molecule has 0 radical (unpaired) electrons. The van der Waals surface area contributed by atoms with Crippen LogP contribution in [0.4, 0.5) is 0 Å². The molecule has 4 heteroatoms. The number of hydrogen-bond donors (Lipinski definition) is 2. The van der Waals surface area contributed by atoms with Crippen molar-refractivity contribution in [3.63, 3.8) is 0 Å². The monoisotopic (exact) mass is 275 g/mol. The van der Waals surface area contributed by atoms with Crippen molar-refractivity contribution in [1.82, 2.24) is 15.5 Å². The van der Waals surface area contributed by atoms with Crippen molar-refractivity contribution in [3.8, 4) is 0 Å². The molecule has 1 heterocycles. The van der Waals surface area contributed by atoms with Crippen molar-refractivity contribution in [2.45, 2.75) is 25.3 Å². The molecule has 1 aliphatic heterocycles. The van der Waals surface area contributed by atoms with Gasteiger partial charge in [0.25, 0.3) is 0 Å². The lowest BCUT2D eigenvalue weighted by molar-refractivity contribution is -0.122. The highest BCUT2D eigenvalue weighted by Gasteiger charge is 2.19. The van der Waals surface area contributed by atoms with E-state index in [0.29, 0.717) is 12.6 Å². The maximum atomic E-state index is 11.3. The summed E-state index contributed by atoms with van der Waals surface area (Å²) in [6, 6.07) is 11.2. The van der Waals surface area contributed by atoms with Crippen molar-refractivity contribution >= 4 is 5.91 Å². The predicted octanol–water partition coefficient (Wildman–Crippen LogP) is 1.03. The first kappa shape index (κ1) is 15.0. The maximum Gasteiger partial charge on any atom is 0.233 e. The summed E-state index contributed by atoms with van der Waals surface area (Å²) < 4.78 is 0. The smallest absolute Gasteiger partial charge is 0.233 e. The number of rotatable bonds is 6. The van der Waals surface area contributed by atoms with Crippen molar-refractivity contribution in [3.05, 3.63) is 35.9 Å². The van der Waals surface area contributed by atoms with Crippen molar-refractivity contribution in [2.24, 2.45) is 0 Å². The molecule has 2 rings (SSSR count). The van der Waals surface area contributed by atoms with E-state index >= 15 is 0 Å². The van der Waals surface area contributed by atoms with Crippen LogP contribution >= 0.6 is 0 Å². The lowest BCUT2D eigenvalue weighted by Gasteiger charge is -2.31. The fourth-order valence-electron chi connectivity index (χ4n) is 2.64. The van der Waals surface area contributed by atoms with Crippen LogP contribution in [-0.2, 0) is 11.2 Å². The van der Waals surface area contributed by atoms with Crippen molar-refractivity contribution in [2.75, 3.05) is 33.2 Å². The summed E-state index contributed by atoms with van der Waals surface area (Å²) in [6.07, 6.45) is 3.34. The van der Waals surface area contributed by atoms with Crippen LogP contribution in [0.25, 0.3) is 0 Å². The van der Waals surface area contributed by atoms with Gasteiger partial charge in [-0.05, 0) is 31.4 Å². The number of carbonyl (C=O) groups is 1. The number of nitrogens with zero attached hydrogens (tertiary/aromatic N) is 1. The summed E-state index contributed by atoms with van der Waals surface area (Å²) >= 11 is 0. The lowest BCUT2D eigenvalue weighted by Crippen LogP contribution is -2.46. The number of likely N-dealkylation sites (N-methyl/N-ethyl adjacent to an activating group) is 1. The summed E-state index contributed by atoms with van der Waals surface area (Å²) in [5, 5.41) is 6.31. The van der Waals surface area contributed by atoms with Gasteiger partial charge in [0.15, 0.2) is 0 Å².